The molecule has 1 aliphatic rings. The number of unbranched alkanes of at least 4 members (excludes halogenated alkanes) is 16. The molecule has 1 saturated carbocycles. The van der Waals surface area contributed by atoms with Crippen molar-refractivity contribution in [3.63, 3.8) is 0 Å². The Hall–Kier alpha value is -5.59. The summed E-state index contributed by atoms with van der Waals surface area (Å²) in [5, 5.41) is 38.3. The first-order valence-corrected chi connectivity index (χ1v) is 32.0. The molecule has 1 aliphatic carbocycles. The highest BCUT2D eigenvalue weighted by Gasteiger charge is 2.29. The Bertz CT molecular complexity index is 2060. The lowest BCUT2D eigenvalue weighted by Gasteiger charge is -2.29. The van der Waals surface area contributed by atoms with Gasteiger partial charge in [-0.25, -0.2) is 0 Å². The summed E-state index contributed by atoms with van der Waals surface area (Å²) in [6, 6.07) is 4.47. The van der Waals surface area contributed by atoms with Gasteiger partial charge in [0.25, 0.3) is 0 Å². The number of ketones is 2. The molecular weight excluding hydrogens is 1110 g/mol. The van der Waals surface area contributed by atoms with Gasteiger partial charge >= 0.3 is 5.97 Å². The molecule has 1 aromatic rings. The minimum Gasteiger partial charge on any atom is -0.508 e. The fraction of sp³-hybridized carbons (Fsp3) is 0.762. The number of phenols is 1. The van der Waals surface area contributed by atoms with E-state index in [4.69, 9.17) is 29.8 Å². The van der Waals surface area contributed by atoms with Crippen LogP contribution in [0.25, 0.3) is 0 Å². The SMILES string of the molecule is CN[C@@H](CCCCNC(=O)COCCOCCNC(=O)COCCOCCNC(=O)CCC(NC(=O)C1CCC(CNC(=O)CCCCCCCCCCCCCCCCCCC(=O)O)CC1)C(C)=O)C(=O)CN[C@@H](Cc1ccc(O)cc1)C(N)=O. The van der Waals surface area contributed by atoms with Crippen LogP contribution in [0.1, 0.15) is 186 Å². The number of carboxylic acid groups (broad SMARTS) is 1. The lowest BCUT2D eigenvalue weighted by atomic mass is 9.81. The lowest BCUT2D eigenvalue weighted by Crippen LogP contribution is -2.48. The fourth-order valence-corrected chi connectivity index (χ4v) is 10.1. The summed E-state index contributed by atoms with van der Waals surface area (Å²) in [5.41, 5.74) is 6.32. The summed E-state index contributed by atoms with van der Waals surface area (Å²) >= 11 is 0. The Morgan fingerprint density at radius 1 is 0.535 bits per heavy atom. The van der Waals surface area contributed by atoms with Gasteiger partial charge in [0.2, 0.25) is 35.4 Å². The first kappa shape index (κ1) is 76.5. The number of aromatic hydroxyl groups is 1. The molecule has 86 heavy (non-hydrogen) atoms. The molecule has 1 aromatic carbocycles. The highest BCUT2D eigenvalue weighted by molar-refractivity contribution is 5.89. The van der Waals surface area contributed by atoms with Crippen LogP contribution in [0.5, 0.6) is 5.75 Å². The number of carbonyl (C=O) groups is 9. The number of phenolic OH excluding ortho intramolecular Hbond substituents is 1. The molecule has 0 radical (unpaired) electrons. The molecule has 490 valence electrons. The van der Waals surface area contributed by atoms with E-state index in [-0.39, 0.29) is 145 Å². The number of aliphatic carboxylic acids is 1. The molecule has 1 fully saturated rings. The zero-order valence-electron chi connectivity index (χ0n) is 52.0. The Kier molecular flexibility index (Phi) is 44.8. The van der Waals surface area contributed by atoms with Crippen LogP contribution < -0.4 is 43.0 Å². The maximum atomic E-state index is 13.1. The zero-order chi connectivity index (χ0) is 62.8. The summed E-state index contributed by atoms with van der Waals surface area (Å²) in [6.07, 6.45) is 25.0. The van der Waals surface area contributed by atoms with Crippen LogP contribution in [0.2, 0.25) is 0 Å². The number of benzene rings is 1. The number of hydrogen-bond acceptors (Lipinski definition) is 16. The van der Waals surface area contributed by atoms with E-state index in [9.17, 15) is 48.3 Å². The molecule has 1 unspecified atom stereocenters. The van der Waals surface area contributed by atoms with Crippen molar-refractivity contribution in [2.75, 3.05) is 92.6 Å². The molecule has 0 aliphatic heterocycles. The van der Waals surface area contributed by atoms with Crippen molar-refractivity contribution in [1.29, 1.82) is 0 Å². The summed E-state index contributed by atoms with van der Waals surface area (Å²) < 4.78 is 21.6. The molecule has 23 heteroatoms. The van der Waals surface area contributed by atoms with E-state index in [0.717, 1.165) is 56.9 Å². The third-order valence-corrected chi connectivity index (χ3v) is 15.4. The smallest absolute Gasteiger partial charge is 0.303 e. The molecular formula is C63H108N8O15. The Balaban J connectivity index is 1.37. The molecule has 0 heterocycles. The van der Waals surface area contributed by atoms with E-state index in [1.54, 1.807) is 19.2 Å². The van der Waals surface area contributed by atoms with E-state index in [1.807, 2.05) is 0 Å². The van der Waals surface area contributed by atoms with Gasteiger partial charge in [-0.2, -0.15) is 0 Å². The zero-order valence-corrected chi connectivity index (χ0v) is 52.0. The molecule has 11 N–H and O–H groups in total. The van der Waals surface area contributed by atoms with Crippen molar-refractivity contribution < 1.29 is 72.3 Å². The molecule has 0 aromatic heterocycles. The predicted octanol–water partition coefficient (Wildman–Crippen LogP) is 5.00. The number of amides is 6. The highest BCUT2D eigenvalue weighted by Crippen LogP contribution is 2.29. The van der Waals surface area contributed by atoms with Crippen molar-refractivity contribution in [3.8, 4) is 5.75 Å². The molecule has 23 nitrogen and oxygen atoms in total. The van der Waals surface area contributed by atoms with Crippen molar-refractivity contribution in [2.24, 2.45) is 17.6 Å². The molecule has 6 amide bonds. The number of carbonyl (C=O) groups excluding carboxylic acids is 8. The van der Waals surface area contributed by atoms with Crippen LogP contribution in [-0.2, 0) is 68.5 Å². The number of primary amides is 1. The largest absolute Gasteiger partial charge is 0.508 e. The van der Waals surface area contributed by atoms with Crippen LogP contribution in [0.4, 0.5) is 0 Å². The van der Waals surface area contributed by atoms with Gasteiger partial charge < -0.3 is 66.8 Å². The fourth-order valence-electron chi connectivity index (χ4n) is 10.1. The third kappa shape index (κ3) is 41.5. The molecule has 0 bridgehead atoms. The van der Waals surface area contributed by atoms with Crippen LogP contribution in [0.3, 0.4) is 0 Å². The van der Waals surface area contributed by atoms with Gasteiger partial charge in [-0.1, -0.05) is 102 Å². The number of hydrogen-bond donors (Lipinski definition) is 10. The molecule has 0 spiro atoms. The number of nitrogens with one attached hydrogen (secondary N) is 7. The van der Waals surface area contributed by atoms with E-state index < -0.39 is 30.0 Å². The lowest BCUT2D eigenvalue weighted by molar-refractivity contribution is -0.137. The molecule has 0 saturated heterocycles. The van der Waals surface area contributed by atoms with Crippen LogP contribution in [0.15, 0.2) is 24.3 Å². The van der Waals surface area contributed by atoms with Gasteiger partial charge in [-0.15, -0.1) is 0 Å². The van der Waals surface area contributed by atoms with Crippen LogP contribution in [0, 0.1) is 11.8 Å². The minimum absolute atomic E-state index is 0.0468. The van der Waals surface area contributed by atoms with Crippen molar-refractivity contribution in [2.45, 2.75) is 205 Å². The second-order valence-electron chi connectivity index (χ2n) is 22.7. The van der Waals surface area contributed by atoms with Gasteiger partial charge in [0.1, 0.15) is 19.0 Å². The monoisotopic (exact) mass is 1220 g/mol. The van der Waals surface area contributed by atoms with E-state index >= 15 is 0 Å². The van der Waals surface area contributed by atoms with Gasteiger partial charge in [-0.3, -0.25) is 48.5 Å². The number of rotatable bonds is 56. The number of carboxylic acids is 1. The summed E-state index contributed by atoms with van der Waals surface area (Å²) in [7, 11) is 1.69. The third-order valence-electron chi connectivity index (χ3n) is 15.4. The summed E-state index contributed by atoms with van der Waals surface area (Å²) in [5.74, 6) is -2.35. The average molecular weight is 1220 g/mol. The standard InChI is InChI=1S/C63H108N8O15/c1-48(72)53(71-63(82)51-28-24-50(25-29-51)44-70-57(75)22-17-15-13-11-9-7-5-3-4-6-8-10-12-14-16-18-23-61(79)80)32-33-58(76)67-35-37-83-39-42-86-47-60(78)68-36-38-84-40-41-85-46-59(77)66-34-20-19-21-54(65-2)56(74)45-69-55(62(64)81)43-49-26-30-52(73)31-27-49/h26-27,30-31,50-51,53-55,65,69,73H,3-25,28-29,32-47H2,1-2H3,(H2,64,81)(H,66,77)(H,67,76)(H,68,78)(H,70,75)(H,71,82)(H,79,80)/t50?,51?,53?,54-,55-/m0/s1. The number of ether oxygens (including phenoxy) is 4. The summed E-state index contributed by atoms with van der Waals surface area (Å²) in [4.78, 5) is 110. The maximum Gasteiger partial charge on any atom is 0.303 e. The van der Waals surface area contributed by atoms with E-state index in [1.165, 1.54) is 83.3 Å². The normalized spacial score (nSPS) is 15.0. The number of likely N-dealkylation sites (N-methyl/N-ethyl adjacent to an activating group) is 1. The van der Waals surface area contributed by atoms with Crippen LogP contribution >= 0.6 is 0 Å². The van der Waals surface area contributed by atoms with Gasteiger partial charge in [0.05, 0.1) is 64.3 Å². The highest BCUT2D eigenvalue weighted by atomic mass is 16.5. The Morgan fingerprint density at radius 3 is 1.53 bits per heavy atom. The predicted molar refractivity (Wildman–Crippen MR) is 328 cm³/mol. The van der Waals surface area contributed by atoms with Gasteiger partial charge in [0, 0.05) is 51.4 Å². The second kappa shape index (κ2) is 50.4. The Labute approximate surface area is 511 Å². The van der Waals surface area contributed by atoms with Crippen molar-refractivity contribution in [1.82, 2.24) is 37.2 Å². The number of Topliss-reactive ketones (excluding diaryl/α,β-unsaturated/α-hetero) is 2. The average Bonchev–Trinajstić information content (AvgIpc) is 3.70. The maximum absolute atomic E-state index is 13.1. The quantitative estimate of drug-likeness (QED) is 0.0384. The van der Waals surface area contributed by atoms with Crippen molar-refractivity contribution in [3.05, 3.63) is 29.8 Å². The first-order chi connectivity index (χ1) is 41.6. The summed E-state index contributed by atoms with van der Waals surface area (Å²) in [6.45, 7) is 3.79. The Morgan fingerprint density at radius 2 is 1.02 bits per heavy atom. The first-order valence-electron chi connectivity index (χ1n) is 32.0. The van der Waals surface area contributed by atoms with E-state index in [0.29, 0.717) is 64.0 Å². The molecule has 3 atom stereocenters. The van der Waals surface area contributed by atoms with Crippen molar-refractivity contribution >= 4 is 53.0 Å². The van der Waals surface area contributed by atoms with Gasteiger partial charge in [-0.05, 0) is 108 Å². The van der Waals surface area contributed by atoms with E-state index in [2.05, 4.69) is 37.2 Å². The minimum atomic E-state index is -0.758. The van der Waals surface area contributed by atoms with Gasteiger partial charge in [0.15, 0.2) is 11.6 Å². The second-order valence-corrected chi connectivity index (χ2v) is 22.7. The topological polar surface area (TPSA) is 341 Å². The van der Waals surface area contributed by atoms with Crippen LogP contribution in [-0.4, -0.2) is 174 Å². The molecule has 2 rings (SSSR count). The number of nitrogens with two attached hydrogens (primary N) is 1.